The maximum absolute atomic E-state index is 11.9. The first-order chi connectivity index (χ1) is 9.01. The van der Waals surface area contributed by atoms with E-state index in [0.717, 1.165) is 16.8 Å². The lowest BCUT2D eigenvalue weighted by atomic mass is 10.0. The maximum atomic E-state index is 11.9. The number of methoxy groups -OCH3 is 1. The molecule has 0 radical (unpaired) electrons. The van der Waals surface area contributed by atoms with Gasteiger partial charge >= 0.3 is 5.97 Å². The molecule has 1 unspecified atom stereocenters. The predicted octanol–water partition coefficient (Wildman–Crippen LogP) is 2.15. The van der Waals surface area contributed by atoms with E-state index in [-0.39, 0.29) is 12.2 Å². The van der Waals surface area contributed by atoms with Gasteiger partial charge in [0.1, 0.15) is 5.69 Å². The van der Waals surface area contributed by atoms with Gasteiger partial charge < -0.3 is 18.9 Å². The Morgan fingerprint density at radius 3 is 2.68 bits per heavy atom. The van der Waals surface area contributed by atoms with Crippen LogP contribution in [0.3, 0.4) is 0 Å². The van der Waals surface area contributed by atoms with Crippen molar-refractivity contribution in [2.45, 2.75) is 20.1 Å². The molecule has 0 bridgehead atoms. The van der Waals surface area contributed by atoms with Crippen LogP contribution in [0, 0.1) is 0 Å². The molecule has 0 saturated carbocycles. The number of allylic oxidation sites excluding steroid dienone is 1. The fraction of sp³-hybridized carbons (Fsp3) is 0.500. The molecule has 5 nitrogen and oxygen atoms in total. The summed E-state index contributed by atoms with van der Waals surface area (Å²) in [5, 5.41) is 0. The standard InChI is InChI=1S/C14H20N2O3/c1-6-19-14(17)11-7-10-9(2)8-15(3)13(18-5)12(10)16(11)4/h7-8,13H,6H2,1-5H3. The summed E-state index contributed by atoms with van der Waals surface area (Å²) in [6.45, 7) is 4.20. The van der Waals surface area contributed by atoms with Gasteiger partial charge in [0.05, 0.1) is 12.3 Å². The lowest BCUT2D eigenvalue weighted by Gasteiger charge is -2.31. The number of hydrogen-bond acceptors (Lipinski definition) is 4. The van der Waals surface area contributed by atoms with Crippen LogP contribution in [-0.2, 0) is 16.5 Å². The first-order valence-electron chi connectivity index (χ1n) is 6.31. The molecule has 0 spiro atoms. The topological polar surface area (TPSA) is 43.7 Å². The van der Waals surface area contributed by atoms with Crippen molar-refractivity contribution in [3.63, 3.8) is 0 Å². The number of carbonyl (C=O) groups excluding carboxylic acids is 1. The average Bonchev–Trinajstić information content (AvgIpc) is 2.69. The van der Waals surface area contributed by atoms with E-state index < -0.39 is 0 Å². The zero-order valence-corrected chi connectivity index (χ0v) is 12.1. The number of fused-ring (bicyclic) bond motifs is 1. The highest BCUT2D eigenvalue weighted by atomic mass is 16.5. The molecule has 1 aliphatic heterocycles. The quantitative estimate of drug-likeness (QED) is 0.785. The molecular weight excluding hydrogens is 244 g/mol. The van der Waals surface area contributed by atoms with E-state index in [1.807, 2.05) is 42.8 Å². The molecule has 0 aromatic carbocycles. The second kappa shape index (κ2) is 5.09. The van der Waals surface area contributed by atoms with Crippen LogP contribution in [0.15, 0.2) is 12.3 Å². The second-order valence-electron chi connectivity index (χ2n) is 4.67. The van der Waals surface area contributed by atoms with Gasteiger partial charge in [0.2, 0.25) is 0 Å². The average molecular weight is 264 g/mol. The molecule has 19 heavy (non-hydrogen) atoms. The van der Waals surface area contributed by atoms with Crippen LogP contribution in [0.25, 0.3) is 5.57 Å². The number of nitrogens with zero attached hydrogens (tertiary/aromatic N) is 2. The lowest BCUT2D eigenvalue weighted by Crippen LogP contribution is -2.27. The molecule has 5 heteroatoms. The van der Waals surface area contributed by atoms with E-state index in [1.165, 1.54) is 0 Å². The summed E-state index contributed by atoms with van der Waals surface area (Å²) in [7, 11) is 5.48. The molecule has 0 aliphatic carbocycles. The molecule has 0 N–H and O–H groups in total. The Morgan fingerprint density at radius 1 is 1.42 bits per heavy atom. The van der Waals surface area contributed by atoms with E-state index in [9.17, 15) is 4.79 Å². The molecule has 0 amide bonds. The molecule has 1 atom stereocenters. The van der Waals surface area contributed by atoms with Crippen molar-refractivity contribution in [3.8, 4) is 0 Å². The Kier molecular flexibility index (Phi) is 3.66. The Morgan fingerprint density at radius 2 is 2.11 bits per heavy atom. The highest BCUT2D eigenvalue weighted by Gasteiger charge is 2.30. The van der Waals surface area contributed by atoms with Crippen LogP contribution in [0.5, 0.6) is 0 Å². The van der Waals surface area contributed by atoms with Gasteiger partial charge in [-0.1, -0.05) is 0 Å². The van der Waals surface area contributed by atoms with Gasteiger partial charge in [-0.25, -0.2) is 4.79 Å². The summed E-state index contributed by atoms with van der Waals surface area (Å²) >= 11 is 0. The smallest absolute Gasteiger partial charge is 0.354 e. The van der Waals surface area contributed by atoms with E-state index in [2.05, 4.69) is 0 Å². The lowest BCUT2D eigenvalue weighted by molar-refractivity contribution is -0.00101. The molecule has 0 saturated heterocycles. The van der Waals surface area contributed by atoms with Gasteiger partial charge in [-0.3, -0.25) is 0 Å². The summed E-state index contributed by atoms with van der Waals surface area (Å²) < 4.78 is 12.5. The molecule has 1 aromatic heterocycles. The third kappa shape index (κ3) is 2.14. The third-order valence-electron chi connectivity index (χ3n) is 3.41. The molecule has 104 valence electrons. The highest BCUT2D eigenvalue weighted by molar-refractivity contribution is 5.90. The van der Waals surface area contributed by atoms with E-state index in [1.54, 1.807) is 14.0 Å². The van der Waals surface area contributed by atoms with Crippen molar-refractivity contribution < 1.29 is 14.3 Å². The van der Waals surface area contributed by atoms with Crippen LogP contribution in [0.1, 0.15) is 41.8 Å². The summed E-state index contributed by atoms with van der Waals surface area (Å²) in [6, 6.07) is 1.87. The van der Waals surface area contributed by atoms with E-state index in [4.69, 9.17) is 9.47 Å². The van der Waals surface area contributed by atoms with Crippen molar-refractivity contribution in [3.05, 3.63) is 29.2 Å². The summed E-state index contributed by atoms with van der Waals surface area (Å²) in [4.78, 5) is 13.9. The number of aromatic nitrogens is 1. The Labute approximate surface area is 113 Å². The second-order valence-corrected chi connectivity index (χ2v) is 4.67. The molecule has 2 heterocycles. The minimum Gasteiger partial charge on any atom is -0.461 e. The number of rotatable bonds is 3. The summed E-state index contributed by atoms with van der Waals surface area (Å²) in [5.41, 5.74) is 3.68. The molecule has 1 aromatic rings. The van der Waals surface area contributed by atoms with Crippen molar-refractivity contribution in [2.24, 2.45) is 7.05 Å². The van der Waals surface area contributed by atoms with Crippen molar-refractivity contribution >= 4 is 11.5 Å². The molecule has 0 fully saturated rings. The summed E-state index contributed by atoms with van der Waals surface area (Å²) in [6.07, 6.45) is 1.83. The van der Waals surface area contributed by atoms with Gasteiger partial charge in [0, 0.05) is 33.0 Å². The van der Waals surface area contributed by atoms with Gasteiger partial charge in [0.25, 0.3) is 0 Å². The first kappa shape index (κ1) is 13.7. The van der Waals surface area contributed by atoms with E-state index in [0.29, 0.717) is 12.3 Å². The minimum absolute atomic E-state index is 0.188. The normalized spacial score (nSPS) is 18.1. The number of ether oxygens (including phenoxy) is 2. The fourth-order valence-electron chi connectivity index (χ4n) is 2.55. The predicted molar refractivity (Wildman–Crippen MR) is 72.5 cm³/mol. The fourth-order valence-corrected chi connectivity index (χ4v) is 2.55. The molecule has 1 aliphatic rings. The van der Waals surface area contributed by atoms with Gasteiger partial charge in [-0.05, 0) is 25.5 Å². The number of carbonyl (C=O) groups is 1. The van der Waals surface area contributed by atoms with Crippen LogP contribution >= 0.6 is 0 Å². The van der Waals surface area contributed by atoms with E-state index >= 15 is 0 Å². The van der Waals surface area contributed by atoms with Crippen molar-refractivity contribution in [1.29, 1.82) is 0 Å². The monoisotopic (exact) mass is 264 g/mol. The number of hydrogen-bond donors (Lipinski definition) is 0. The Balaban J connectivity index is 2.53. The van der Waals surface area contributed by atoms with Crippen LogP contribution in [-0.4, -0.2) is 36.2 Å². The minimum atomic E-state index is -0.301. The zero-order valence-electron chi connectivity index (χ0n) is 12.1. The van der Waals surface area contributed by atoms with Gasteiger partial charge in [-0.15, -0.1) is 0 Å². The third-order valence-corrected chi connectivity index (χ3v) is 3.41. The SMILES string of the molecule is CCOC(=O)c1cc2c(n1C)C(OC)N(C)C=C2C. The Hall–Kier alpha value is -1.75. The molecule has 2 rings (SSSR count). The number of esters is 1. The van der Waals surface area contributed by atoms with Gasteiger partial charge in [0.15, 0.2) is 6.23 Å². The maximum Gasteiger partial charge on any atom is 0.354 e. The van der Waals surface area contributed by atoms with Crippen LogP contribution in [0.2, 0.25) is 0 Å². The van der Waals surface area contributed by atoms with Gasteiger partial charge in [-0.2, -0.15) is 0 Å². The van der Waals surface area contributed by atoms with Crippen LogP contribution < -0.4 is 0 Å². The molecular formula is C14H20N2O3. The summed E-state index contributed by atoms with van der Waals surface area (Å²) in [5.74, 6) is -0.301. The van der Waals surface area contributed by atoms with Crippen LogP contribution in [0.4, 0.5) is 0 Å². The zero-order chi connectivity index (χ0) is 14.2. The van der Waals surface area contributed by atoms with Crippen molar-refractivity contribution in [1.82, 2.24) is 9.47 Å². The Bertz CT molecular complexity index is 531. The highest BCUT2D eigenvalue weighted by Crippen LogP contribution is 2.36. The van der Waals surface area contributed by atoms with Crippen molar-refractivity contribution in [2.75, 3.05) is 20.8 Å². The first-order valence-corrected chi connectivity index (χ1v) is 6.31. The largest absolute Gasteiger partial charge is 0.461 e.